The summed E-state index contributed by atoms with van der Waals surface area (Å²) in [6, 6.07) is 5.26. The molecule has 1 aromatic heterocycles. The van der Waals surface area contributed by atoms with Crippen LogP contribution in [0.3, 0.4) is 0 Å². The van der Waals surface area contributed by atoms with Gasteiger partial charge in [-0.2, -0.15) is 0 Å². The van der Waals surface area contributed by atoms with Crippen molar-refractivity contribution in [1.82, 2.24) is 4.98 Å². The highest BCUT2D eigenvalue weighted by Crippen LogP contribution is 2.38. The van der Waals surface area contributed by atoms with Gasteiger partial charge in [-0.05, 0) is 59.2 Å². The summed E-state index contributed by atoms with van der Waals surface area (Å²) in [5.41, 5.74) is 2.40. The summed E-state index contributed by atoms with van der Waals surface area (Å²) in [4.78, 5) is 30.0. The molecule has 2 rings (SSSR count). The second-order valence-corrected chi connectivity index (χ2v) is 6.88. The Hall–Kier alpha value is -3.09. The number of nitrogens with zero attached hydrogens (tertiary/aromatic N) is 1. The molecule has 0 saturated heterocycles. The van der Waals surface area contributed by atoms with Gasteiger partial charge in [0.15, 0.2) is 11.5 Å². The third kappa shape index (κ3) is 4.90. The Morgan fingerprint density at radius 1 is 0.933 bits per heavy atom. The van der Waals surface area contributed by atoms with Crippen LogP contribution < -0.4 is 9.47 Å². The minimum absolute atomic E-state index is 0.0413. The Balaban J connectivity index is 2.84. The van der Waals surface area contributed by atoms with Crippen molar-refractivity contribution < 1.29 is 28.5 Å². The van der Waals surface area contributed by atoms with Crippen LogP contribution in [0.1, 0.15) is 59.8 Å². The van der Waals surface area contributed by atoms with Crippen LogP contribution in [0.25, 0.3) is 11.1 Å². The van der Waals surface area contributed by atoms with Gasteiger partial charge in [0.2, 0.25) is 0 Å². The lowest BCUT2D eigenvalue weighted by molar-refractivity contribution is 0.0525. The first kappa shape index (κ1) is 23.2. The molecule has 0 aliphatic rings. The predicted octanol–water partition coefficient (Wildman–Crippen LogP) is 4.51. The maximum absolute atomic E-state index is 12.8. The first-order chi connectivity index (χ1) is 14.2. The van der Waals surface area contributed by atoms with Crippen molar-refractivity contribution in [1.29, 1.82) is 0 Å². The van der Waals surface area contributed by atoms with Crippen molar-refractivity contribution in [3.63, 3.8) is 0 Å². The van der Waals surface area contributed by atoms with Gasteiger partial charge < -0.3 is 18.9 Å². The fourth-order valence-electron chi connectivity index (χ4n) is 3.22. The molecule has 0 unspecified atom stereocenters. The first-order valence-electron chi connectivity index (χ1n) is 9.95. The summed E-state index contributed by atoms with van der Waals surface area (Å²) < 4.78 is 21.8. The average molecular weight is 415 g/mol. The molecule has 0 amide bonds. The van der Waals surface area contributed by atoms with Gasteiger partial charge in [-0.3, -0.25) is 4.98 Å². The largest absolute Gasteiger partial charge is 0.493 e. The third-order valence-corrected chi connectivity index (χ3v) is 4.33. The summed E-state index contributed by atoms with van der Waals surface area (Å²) in [7, 11) is 1.54. The van der Waals surface area contributed by atoms with Crippen molar-refractivity contribution in [2.24, 2.45) is 0 Å². The molecular formula is C23H29NO6. The molecule has 0 atom stereocenters. The van der Waals surface area contributed by atoms with E-state index >= 15 is 0 Å². The number of aryl methyl sites for hydroxylation is 2. The van der Waals surface area contributed by atoms with Crippen LogP contribution in [-0.4, -0.2) is 43.4 Å². The second-order valence-electron chi connectivity index (χ2n) is 6.88. The van der Waals surface area contributed by atoms with Gasteiger partial charge in [0.05, 0.1) is 48.9 Å². The molecule has 1 heterocycles. The van der Waals surface area contributed by atoms with Gasteiger partial charge in [0.25, 0.3) is 0 Å². The number of carbonyl (C=O) groups excluding carboxylic acids is 2. The first-order valence-corrected chi connectivity index (χ1v) is 9.95. The molecule has 2 aromatic rings. The summed E-state index contributed by atoms with van der Waals surface area (Å²) >= 11 is 0. The highest BCUT2D eigenvalue weighted by atomic mass is 16.5. The van der Waals surface area contributed by atoms with E-state index in [1.165, 1.54) is 7.11 Å². The monoisotopic (exact) mass is 415 g/mol. The number of ether oxygens (including phenoxy) is 4. The van der Waals surface area contributed by atoms with Crippen LogP contribution in [0.15, 0.2) is 18.2 Å². The number of aromatic nitrogens is 1. The number of rotatable bonds is 8. The van der Waals surface area contributed by atoms with Crippen LogP contribution in [0.5, 0.6) is 11.5 Å². The molecule has 0 aliphatic heterocycles. The van der Waals surface area contributed by atoms with E-state index in [1.54, 1.807) is 45.9 Å². The standard InChI is InChI=1S/C23H29NO6/c1-8-28-22(25)19-14(5)24-15(6)20(23(26)29-9-2)21(19)16-10-11-17(30-13(3)4)18(12-16)27-7/h10-13H,8-9H2,1-7H3. The summed E-state index contributed by atoms with van der Waals surface area (Å²) in [5, 5.41) is 0. The number of benzene rings is 1. The van der Waals surface area contributed by atoms with Crippen molar-refractivity contribution in [3.8, 4) is 22.6 Å². The molecule has 0 saturated carbocycles. The molecule has 0 N–H and O–H groups in total. The van der Waals surface area contributed by atoms with Gasteiger partial charge in [0, 0.05) is 5.56 Å². The molecule has 7 heteroatoms. The normalized spacial score (nSPS) is 10.7. The van der Waals surface area contributed by atoms with Crippen LogP contribution in [0, 0.1) is 13.8 Å². The summed E-state index contributed by atoms with van der Waals surface area (Å²) in [6.45, 7) is 11.1. The number of esters is 2. The number of hydrogen-bond acceptors (Lipinski definition) is 7. The number of pyridine rings is 1. The Labute approximate surface area is 177 Å². The van der Waals surface area contributed by atoms with Gasteiger partial charge in [0.1, 0.15) is 0 Å². The maximum Gasteiger partial charge on any atom is 0.340 e. The van der Waals surface area contributed by atoms with Gasteiger partial charge in [-0.1, -0.05) is 6.07 Å². The Bertz CT molecular complexity index is 894. The average Bonchev–Trinajstić information content (AvgIpc) is 2.67. The zero-order chi connectivity index (χ0) is 22.4. The molecule has 7 nitrogen and oxygen atoms in total. The fourth-order valence-corrected chi connectivity index (χ4v) is 3.22. The van der Waals surface area contributed by atoms with E-state index in [1.807, 2.05) is 13.8 Å². The predicted molar refractivity (Wildman–Crippen MR) is 113 cm³/mol. The van der Waals surface area contributed by atoms with Gasteiger partial charge >= 0.3 is 11.9 Å². The SMILES string of the molecule is CCOC(=O)c1c(C)nc(C)c(C(=O)OCC)c1-c1ccc(OC(C)C)c(OC)c1. The van der Waals surface area contributed by atoms with E-state index in [-0.39, 0.29) is 30.4 Å². The number of carbonyl (C=O) groups is 2. The van der Waals surface area contributed by atoms with Crippen molar-refractivity contribution in [2.45, 2.75) is 47.6 Å². The quantitative estimate of drug-likeness (QED) is 0.586. The fraction of sp³-hybridized carbons (Fsp3) is 0.435. The Morgan fingerprint density at radius 3 is 1.90 bits per heavy atom. The molecule has 0 fully saturated rings. The van der Waals surface area contributed by atoms with E-state index in [0.717, 1.165) is 0 Å². The van der Waals surface area contributed by atoms with E-state index in [2.05, 4.69) is 4.98 Å². The molecule has 0 radical (unpaired) electrons. The van der Waals surface area contributed by atoms with Crippen LogP contribution >= 0.6 is 0 Å². The molecule has 1 aromatic carbocycles. The Morgan fingerprint density at radius 2 is 1.47 bits per heavy atom. The molecule has 0 bridgehead atoms. The van der Waals surface area contributed by atoms with Crippen LogP contribution in [0.2, 0.25) is 0 Å². The zero-order valence-corrected chi connectivity index (χ0v) is 18.6. The maximum atomic E-state index is 12.8. The molecule has 162 valence electrons. The minimum Gasteiger partial charge on any atom is -0.493 e. The Kier molecular flexibility index (Phi) is 7.80. The van der Waals surface area contributed by atoms with Crippen LogP contribution in [0.4, 0.5) is 0 Å². The summed E-state index contributed by atoms with van der Waals surface area (Å²) in [6.07, 6.45) is -0.0413. The highest BCUT2D eigenvalue weighted by Gasteiger charge is 2.28. The molecule has 0 aliphatic carbocycles. The van der Waals surface area contributed by atoms with E-state index < -0.39 is 11.9 Å². The zero-order valence-electron chi connectivity index (χ0n) is 18.6. The van der Waals surface area contributed by atoms with Crippen molar-refractivity contribution in [2.75, 3.05) is 20.3 Å². The number of hydrogen-bond donors (Lipinski definition) is 0. The smallest absolute Gasteiger partial charge is 0.340 e. The highest BCUT2D eigenvalue weighted by molar-refractivity contribution is 6.07. The third-order valence-electron chi connectivity index (χ3n) is 4.33. The van der Waals surface area contributed by atoms with Crippen molar-refractivity contribution >= 4 is 11.9 Å². The topological polar surface area (TPSA) is 84.0 Å². The molecule has 0 spiro atoms. The van der Waals surface area contributed by atoms with Gasteiger partial charge in [-0.15, -0.1) is 0 Å². The summed E-state index contributed by atoms with van der Waals surface area (Å²) in [5.74, 6) is -0.0545. The second kappa shape index (κ2) is 10.1. The van der Waals surface area contributed by atoms with E-state index in [9.17, 15) is 9.59 Å². The lowest BCUT2D eigenvalue weighted by Crippen LogP contribution is -2.17. The molecular weight excluding hydrogens is 386 g/mol. The molecule has 30 heavy (non-hydrogen) atoms. The lowest BCUT2D eigenvalue weighted by Gasteiger charge is -2.19. The van der Waals surface area contributed by atoms with Crippen LogP contribution in [-0.2, 0) is 9.47 Å². The van der Waals surface area contributed by atoms with Gasteiger partial charge in [-0.25, -0.2) is 9.59 Å². The van der Waals surface area contributed by atoms with Crippen molar-refractivity contribution in [3.05, 3.63) is 40.7 Å². The lowest BCUT2D eigenvalue weighted by atomic mass is 9.92. The van der Waals surface area contributed by atoms with E-state index in [0.29, 0.717) is 34.0 Å². The minimum atomic E-state index is -0.551. The number of methoxy groups -OCH3 is 1. The van der Waals surface area contributed by atoms with E-state index in [4.69, 9.17) is 18.9 Å².